The topological polar surface area (TPSA) is 30.7 Å². The highest BCUT2D eigenvalue weighted by atomic mass is 15.2. The van der Waals surface area contributed by atoms with Crippen molar-refractivity contribution in [2.75, 3.05) is 0 Å². The highest BCUT2D eigenvalue weighted by molar-refractivity contribution is 6.17. The van der Waals surface area contributed by atoms with Crippen LogP contribution < -0.4 is 0 Å². The van der Waals surface area contributed by atoms with Gasteiger partial charge in [0.25, 0.3) is 0 Å². The minimum absolute atomic E-state index is 0.0962. The predicted molar refractivity (Wildman–Crippen MR) is 217 cm³/mol. The lowest BCUT2D eigenvalue weighted by Crippen LogP contribution is -2.14. The van der Waals surface area contributed by atoms with E-state index < -0.39 is 0 Å². The molecule has 0 amide bonds. The SMILES string of the molecule is CC1(C)c2ccc(-c3cccc4c5cc6ccccc6cc5n(-c5nc(-c6ccccc6)c6ccccc6n5)c34)cc2-c2c1ccc1ccccc21. The van der Waals surface area contributed by atoms with Gasteiger partial charge in [0.1, 0.15) is 0 Å². The normalized spacial score (nSPS) is 13.3. The van der Waals surface area contributed by atoms with Crippen molar-refractivity contribution in [1.29, 1.82) is 0 Å². The molecular weight excluding hydrogens is 631 g/mol. The van der Waals surface area contributed by atoms with E-state index in [9.17, 15) is 0 Å². The number of nitrogens with zero attached hydrogens (tertiary/aromatic N) is 3. The molecule has 0 spiro atoms. The van der Waals surface area contributed by atoms with Crippen LogP contribution in [0.2, 0.25) is 0 Å². The molecule has 0 saturated heterocycles. The molecular formula is C49H33N3. The molecule has 3 heteroatoms. The zero-order chi connectivity index (χ0) is 34.6. The number of rotatable bonds is 3. The summed E-state index contributed by atoms with van der Waals surface area (Å²) in [6, 6.07) is 59.3. The second-order valence-corrected chi connectivity index (χ2v) is 14.6. The zero-order valence-corrected chi connectivity index (χ0v) is 28.9. The average Bonchev–Trinajstić information content (AvgIpc) is 3.64. The molecule has 8 aromatic carbocycles. The monoisotopic (exact) mass is 663 g/mol. The summed E-state index contributed by atoms with van der Waals surface area (Å²) in [6.07, 6.45) is 0. The summed E-state index contributed by atoms with van der Waals surface area (Å²) in [4.78, 5) is 10.7. The Hall–Kier alpha value is -6.58. The Morgan fingerprint density at radius 3 is 2.00 bits per heavy atom. The highest BCUT2D eigenvalue weighted by Crippen LogP contribution is 2.52. The smallest absolute Gasteiger partial charge is 0.235 e. The van der Waals surface area contributed by atoms with E-state index in [2.05, 4.69) is 182 Å². The van der Waals surface area contributed by atoms with Crippen LogP contribution >= 0.6 is 0 Å². The van der Waals surface area contributed by atoms with Crippen molar-refractivity contribution in [3.8, 4) is 39.5 Å². The van der Waals surface area contributed by atoms with Crippen LogP contribution in [0.4, 0.5) is 0 Å². The molecule has 1 aliphatic carbocycles. The largest absolute Gasteiger partial charge is 0.277 e. The molecule has 244 valence electrons. The van der Waals surface area contributed by atoms with Crippen molar-refractivity contribution >= 4 is 54.3 Å². The van der Waals surface area contributed by atoms with Gasteiger partial charge in [-0.15, -0.1) is 0 Å². The van der Waals surface area contributed by atoms with Crippen LogP contribution in [-0.2, 0) is 5.41 Å². The highest BCUT2D eigenvalue weighted by Gasteiger charge is 2.36. The Kier molecular flexibility index (Phi) is 6.01. The van der Waals surface area contributed by atoms with Crippen molar-refractivity contribution in [3.63, 3.8) is 0 Å². The second-order valence-electron chi connectivity index (χ2n) is 14.6. The number of aromatic nitrogens is 3. The lowest BCUT2D eigenvalue weighted by atomic mass is 9.82. The fraction of sp³-hybridized carbons (Fsp3) is 0.0612. The molecule has 0 fully saturated rings. The molecule has 0 bridgehead atoms. The number of benzene rings is 8. The first kappa shape index (κ1) is 29.2. The number of para-hydroxylation sites is 2. The van der Waals surface area contributed by atoms with Crippen molar-refractivity contribution < 1.29 is 0 Å². The van der Waals surface area contributed by atoms with Crippen molar-refractivity contribution in [2.45, 2.75) is 19.3 Å². The third-order valence-electron chi connectivity index (χ3n) is 11.4. The third-order valence-corrected chi connectivity index (χ3v) is 11.4. The molecule has 0 N–H and O–H groups in total. The number of hydrogen-bond acceptors (Lipinski definition) is 2. The van der Waals surface area contributed by atoms with Crippen LogP contribution in [0.5, 0.6) is 0 Å². The van der Waals surface area contributed by atoms with E-state index in [4.69, 9.17) is 9.97 Å². The van der Waals surface area contributed by atoms with Crippen LogP contribution in [0, 0.1) is 0 Å². The Bertz CT molecular complexity index is 3100. The van der Waals surface area contributed by atoms with Gasteiger partial charge in [-0.2, -0.15) is 0 Å². The molecule has 3 nitrogen and oxygen atoms in total. The maximum Gasteiger partial charge on any atom is 0.235 e. The average molecular weight is 664 g/mol. The predicted octanol–water partition coefficient (Wildman–Crippen LogP) is 12.7. The van der Waals surface area contributed by atoms with E-state index >= 15 is 0 Å². The summed E-state index contributed by atoms with van der Waals surface area (Å²) in [7, 11) is 0. The molecule has 1 aliphatic rings. The van der Waals surface area contributed by atoms with Gasteiger partial charge >= 0.3 is 0 Å². The van der Waals surface area contributed by atoms with Crippen LogP contribution in [0.1, 0.15) is 25.0 Å². The summed E-state index contributed by atoms with van der Waals surface area (Å²) in [6.45, 7) is 4.72. The van der Waals surface area contributed by atoms with Crippen molar-refractivity contribution in [1.82, 2.24) is 14.5 Å². The first-order valence-electron chi connectivity index (χ1n) is 18.0. The van der Waals surface area contributed by atoms with Gasteiger partial charge in [0.05, 0.1) is 22.2 Å². The number of fused-ring (bicyclic) bond motifs is 10. The minimum Gasteiger partial charge on any atom is -0.277 e. The Balaban J connectivity index is 1.25. The van der Waals surface area contributed by atoms with Crippen LogP contribution in [0.3, 0.4) is 0 Å². The molecule has 2 aromatic heterocycles. The van der Waals surface area contributed by atoms with Gasteiger partial charge in [0.15, 0.2) is 0 Å². The Morgan fingerprint density at radius 2 is 1.15 bits per heavy atom. The molecule has 2 heterocycles. The van der Waals surface area contributed by atoms with Crippen LogP contribution in [0.25, 0.3) is 93.7 Å². The van der Waals surface area contributed by atoms with E-state index in [1.807, 2.05) is 0 Å². The van der Waals surface area contributed by atoms with Gasteiger partial charge < -0.3 is 0 Å². The fourth-order valence-corrected chi connectivity index (χ4v) is 8.86. The maximum absolute atomic E-state index is 5.42. The zero-order valence-electron chi connectivity index (χ0n) is 28.9. The lowest BCUT2D eigenvalue weighted by Gasteiger charge is -2.21. The maximum atomic E-state index is 5.42. The first-order valence-corrected chi connectivity index (χ1v) is 18.0. The van der Waals surface area contributed by atoms with E-state index in [0.29, 0.717) is 5.95 Å². The van der Waals surface area contributed by atoms with Gasteiger partial charge in [0.2, 0.25) is 5.95 Å². The summed E-state index contributed by atoms with van der Waals surface area (Å²) >= 11 is 0. The summed E-state index contributed by atoms with van der Waals surface area (Å²) in [5.74, 6) is 0.666. The molecule has 52 heavy (non-hydrogen) atoms. The van der Waals surface area contributed by atoms with Crippen molar-refractivity contribution in [3.05, 3.63) is 175 Å². The molecule has 0 atom stereocenters. The Morgan fingerprint density at radius 1 is 0.462 bits per heavy atom. The van der Waals surface area contributed by atoms with E-state index in [-0.39, 0.29) is 5.41 Å². The summed E-state index contributed by atoms with van der Waals surface area (Å²) in [5, 5.41) is 8.39. The fourth-order valence-electron chi connectivity index (χ4n) is 8.86. The Labute approximate surface area is 301 Å². The molecule has 0 unspecified atom stereocenters. The van der Waals surface area contributed by atoms with E-state index in [1.54, 1.807) is 0 Å². The minimum atomic E-state index is -0.0962. The number of hydrogen-bond donors (Lipinski definition) is 0. The van der Waals surface area contributed by atoms with Gasteiger partial charge in [-0.05, 0) is 73.6 Å². The van der Waals surface area contributed by atoms with Crippen LogP contribution in [0.15, 0.2) is 164 Å². The molecule has 0 aliphatic heterocycles. The lowest BCUT2D eigenvalue weighted by molar-refractivity contribution is 0.661. The molecule has 0 saturated carbocycles. The molecule has 10 aromatic rings. The quantitative estimate of drug-likeness (QED) is 0.188. The van der Waals surface area contributed by atoms with E-state index in [0.717, 1.165) is 38.8 Å². The standard InChI is InChI=1S/C49H33N3/c1-49(2)41-25-24-34(28-40(41)45-35-18-9-8-13-30(35)23-26-42(45)49)36-20-12-21-37-39-27-32-16-6-7-17-33(32)29-44(39)52(47(36)37)48-50-43-22-11-10-19-38(43)46(51-48)31-14-4-3-5-15-31/h3-29H,1-2H3. The van der Waals surface area contributed by atoms with E-state index in [1.165, 1.54) is 60.1 Å². The second kappa shape index (κ2) is 10.7. The molecule has 11 rings (SSSR count). The van der Waals surface area contributed by atoms with Gasteiger partial charge in [0, 0.05) is 32.7 Å². The van der Waals surface area contributed by atoms with Gasteiger partial charge in [-0.3, -0.25) is 4.57 Å². The first-order chi connectivity index (χ1) is 25.5. The summed E-state index contributed by atoms with van der Waals surface area (Å²) in [5.41, 5.74) is 12.8. The van der Waals surface area contributed by atoms with Crippen LogP contribution in [-0.4, -0.2) is 14.5 Å². The van der Waals surface area contributed by atoms with Gasteiger partial charge in [-0.25, -0.2) is 9.97 Å². The summed E-state index contributed by atoms with van der Waals surface area (Å²) < 4.78 is 2.31. The molecule has 0 radical (unpaired) electrons. The third kappa shape index (κ3) is 4.08. The van der Waals surface area contributed by atoms with Gasteiger partial charge in [-0.1, -0.05) is 153 Å². The van der Waals surface area contributed by atoms with Crippen molar-refractivity contribution in [2.24, 2.45) is 0 Å².